The van der Waals surface area contributed by atoms with Crippen LogP contribution in [0.25, 0.3) is 11.1 Å². The van der Waals surface area contributed by atoms with Crippen LogP contribution in [0.1, 0.15) is 0 Å². The number of methoxy groups -OCH3 is 2. The second-order valence-corrected chi connectivity index (χ2v) is 19.8. The topological polar surface area (TPSA) is 18.5 Å². The van der Waals surface area contributed by atoms with E-state index >= 15 is 0 Å². The fraction of sp³-hybridized carbons (Fsp3) is 0.0526. The van der Waals surface area contributed by atoms with E-state index in [9.17, 15) is 0 Å². The predicted molar refractivity (Wildman–Crippen MR) is 182 cm³/mol. The van der Waals surface area contributed by atoms with Crippen LogP contribution >= 0.6 is 13.9 Å². The first-order chi connectivity index (χ1) is 20.8. The molecule has 206 valence electrons. The van der Waals surface area contributed by atoms with Gasteiger partial charge in [0.1, 0.15) is 0 Å². The van der Waals surface area contributed by atoms with E-state index in [1.165, 1.54) is 31.8 Å². The summed E-state index contributed by atoms with van der Waals surface area (Å²) < 4.78 is 12.4. The Morgan fingerprint density at radius 3 is 1.12 bits per heavy atom. The zero-order valence-corrected chi connectivity index (χ0v) is 25.5. The number of hydrogen-bond donors (Lipinski definition) is 0. The molecule has 0 saturated carbocycles. The van der Waals surface area contributed by atoms with Gasteiger partial charge in [0.25, 0.3) is 0 Å². The van der Waals surface area contributed by atoms with Gasteiger partial charge >= 0.3 is 250 Å². The maximum absolute atomic E-state index is 6.19. The molecule has 0 amide bonds. The minimum atomic E-state index is -3.63. The zero-order valence-electron chi connectivity index (χ0n) is 23.7. The van der Waals surface area contributed by atoms with E-state index in [-0.39, 0.29) is 0 Å². The molecule has 4 heteroatoms. The van der Waals surface area contributed by atoms with Crippen LogP contribution in [0.15, 0.2) is 158 Å². The molecule has 6 aromatic rings. The van der Waals surface area contributed by atoms with Gasteiger partial charge in [-0.1, -0.05) is 0 Å². The number of ether oxygens (including phenoxy) is 2. The van der Waals surface area contributed by atoms with E-state index in [2.05, 4.69) is 158 Å². The van der Waals surface area contributed by atoms with Crippen molar-refractivity contribution in [2.45, 2.75) is 0 Å². The van der Waals surface area contributed by atoms with E-state index in [0.29, 0.717) is 0 Å². The van der Waals surface area contributed by atoms with Crippen molar-refractivity contribution < 1.29 is 9.47 Å². The Balaban J connectivity index is 1.86. The fourth-order valence-electron chi connectivity index (χ4n) is 7.07. The molecule has 0 N–H and O–H groups in total. The molecule has 1 aliphatic heterocycles. The summed E-state index contributed by atoms with van der Waals surface area (Å²) in [6.45, 7) is 0. The van der Waals surface area contributed by atoms with Crippen molar-refractivity contribution in [2.75, 3.05) is 14.2 Å². The Kier molecular flexibility index (Phi) is 6.70. The van der Waals surface area contributed by atoms with Crippen molar-refractivity contribution in [3.63, 3.8) is 0 Å². The third-order valence-corrected chi connectivity index (χ3v) is 22.6. The molecule has 0 atom stereocenters. The molecule has 7 rings (SSSR count). The second-order valence-electron chi connectivity index (χ2n) is 10.4. The van der Waals surface area contributed by atoms with Crippen LogP contribution in [0.4, 0.5) is 0 Å². The fourth-order valence-corrected chi connectivity index (χ4v) is 23.4. The molecule has 1 aliphatic rings. The van der Waals surface area contributed by atoms with Gasteiger partial charge in [-0.2, -0.15) is 0 Å². The molecule has 0 fully saturated rings. The van der Waals surface area contributed by atoms with Crippen LogP contribution in [-0.2, 0) is 0 Å². The SMILES string of the molecule is COc1cccc2c1-c1c(OC)cccc1P2(c1ccccc1)(c1ccccc1)P(c1ccccc1)c1ccccc1. The van der Waals surface area contributed by atoms with Crippen molar-refractivity contribution in [3.05, 3.63) is 158 Å². The normalized spacial score (nSPS) is 15.2. The van der Waals surface area contributed by atoms with Gasteiger partial charge in [-0.05, 0) is 0 Å². The average Bonchev–Trinajstić information content (AvgIpc) is 3.35. The van der Waals surface area contributed by atoms with Crippen molar-refractivity contribution in [3.8, 4) is 22.6 Å². The molecule has 0 saturated heterocycles. The third-order valence-electron chi connectivity index (χ3n) is 8.56. The standard InChI is InChI=1S/C38H32O2P2/c1-39-33-25-15-27-35-37(33)38-34(40-2)26-16-28-36(38)42(35,31-21-11-5-12-22-31,32-23-13-6-14-24-32)41(29-17-7-3-8-18-29)30-19-9-4-10-20-30/h3-28H,1-2H3. The number of rotatable bonds is 7. The Morgan fingerprint density at radius 2 is 0.762 bits per heavy atom. The first-order valence-corrected chi connectivity index (χ1v) is 18.4. The van der Waals surface area contributed by atoms with Gasteiger partial charge in [-0.25, -0.2) is 0 Å². The van der Waals surface area contributed by atoms with E-state index in [1.54, 1.807) is 14.2 Å². The Bertz CT molecular complexity index is 1720. The minimum absolute atomic E-state index is 0.868. The molecule has 2 nitrogen and oxygen atoms in total. The summed E-state index contributed by atoms with van der Waals surface area (Å²) in [5.74, 6) is 1.74. The van der Waals surface area contributed by atoms with Gasteiger partial charge in [0.15, 0.2) is 0 Å². The van der Waals surface area contributed by atoms with Gasteiger partial charge in [0.2, 0.25) is 0 Å². The summed E-state index contributed by atoms with van der Waals surface area (Å²) in [6, 6.07) is 58.1. The van der Waals surface area contributed by atoms with E-state index in [0.717, 1.165) is 22.6 Å². The summed E-state index contributed by atoms with van der Waals surface area (Å²) in [5.41, 5.74) is 2.27. The quantitative estimate of drug-likeness (QED) is 0.191. The maximum atomic E-state index is 6.19. The van der Waals surface area contributed by atoms with Crippen LogP contribution in [0.2, 0.25) is 0 Å². The molecular weight excluding hydrogens is 550 g/mol. The van der Waals surface area contributed by atoms with Crippen molar-refractivity contribution in [1.82, 2.24) is 0 Å². The summed E-state index contributed by atoms with van der Waals surface area (Å²) in [6.07, 6.45) is -3.63. The van der Waals surface area contributed by atoms with Gasteiger partial charge in [-0.15, -0.1) is 0 Å². The summed E-state index contributed by atoms with van der Waals surface area (Å²) in [7, 11) is 2.49. The third kappa shape index (κ3) is 3.46. The number of fused-ring (bicyclic) bond motifs is 3. The van der Waals surface area contributed by atoms with Crippen molar-refractivity contribution in [1.29, 1.82) is 0 Å². The van der Waals surface area contributed by atoms with Crippen molar-refractivity contribution >= 4 is 45.7 Å². The predicted octanol–water partition coefficient (Wildman–Crippen LogP) is 6.89. The van der Waals surface area contributed by atoms with Crippen molar-refractivity contribution in [2.24, 2.45) is 0 Å². The molecule has 1 heterocycles. The van der Waals surface area contributed by atoms with Gasteiger partial charge in [0, 0.05) is 0 Å². The van der Waals surface area contributed by atoms with Crippen LogP contribution in [0.3, 0.4) is 0 Å². The zero-order chi connectivity index (χ0) is 28.6. The molecule has 0 radical (unpaired) electrons. The molecule has 0 bridgehead atoms. The molecule has 0 aromatic heterocycles. The van der Waals surface area contributed by atoms with E-state index in [1.807, 2.05) is 0 Å². The summed E-state index contributed by atoms with van der Waals surface area (Å²) in [4.78, 5) is 0. The number of hydrogen-bond acceptors (Lipinski definition) is 2. The van der Waals surface area contributed by atoms with Gasteiger partial charge < -0.3 is 0 Å². The Hall–Kier alpha value is -4.22. The molecule has 0 unspecified atom stereocenters. The number of benzene rings is 6. The van der Waals surface area contributed by atoms with Crippen LogP contribution in [0, 0.1) is 0 Å². The average molecular weight is 583 g/mol. The molecule has 0 aliphatic carbocycles. The molecule has 42 heavy (non-hydrogen) atoms. The molecular formula is C38H32O2P2. The second kappa shape index (κ2) is 10.6. The molecule has 6 aromatic carbocycles. The van der Waals surface area contributed by atoms with Gasteiger partial charge in [0.05, 0.1) is 0 Å². The monoisotopic (exact) mass is 582 g/mol. The summed E-state index contributed by atoms with van der Waals surface area (Å²) >= 11 is 0. The molecule has 0 spiro atoms. The van der Waals surface area contributed by atoms with E-state index < -0.39 is 13.9 Å². The first kappa shape index (κ1) is 26.7. The van der Waals surface area contributed by atoms with E-state index in [4.69, 9.17) is 9.47 Å². The Morgan fingerprint density at radius 1 is 0.405 bits per heavy atom. The van der Waals surface area contributed by atoms with Gasteiger partial charge in [-0.3, -0.25) is 0 Å². The van der Waals surface area contributed by atoms with Crippen LogP contribution in [-0.4, -0.2) is 14.2 Å². The Labute approximate surface area is 249 Å². The van der Waals surface area contributed by atoms with Crippen LogP contribution in [0.5, 0.6) is 11.5 Å². The first-order valence-electron chi connectivity index (χ1n) is 14.1. The summed E-state index contributed by atoms with van der Waals surface area (Å²) in [5, 5.41) is 8.03. The van der Waals surface area contributed by atoms with Crippen LogP contribution < -0.4 is 41.3 Å².